The molecular formula is C16H26N2O3. The first-order valence-corrected chi connectivity index (χ1v) is 6.98. The Morgan fingerprint density at radius 2 is 1.86 bits per heavy atom. The van der Waals surface area contributed by atoms with E-state index in [9.17, 15) is 4.79 Å². The van der Waals surface area contributed by atoms with Crippen molar-refractivity contribution >= 4 is 11.8 Å². The maximum Gasteiger partial charge on any atom is 0.412 e. The number of rotatable bonds is 4. The molecule has 5 heteroatoms. The molecule has 0 fully saturated rings. The number of aryl methyl sites for hydroxylation is 1. The minimum Gasteiger partial charge on any atom is -0.444 e. The number of anilines is 1. The minimum atomic E-state index is -0.526. The number of benzene rings is 1. The molecule has 0 bridgehead atoms. The van der Waals surface area contributed by atoms with Gasteiger partial charge in [0, 0.05) is 11.1 Å². The third-order valence-electron chi connectivity index (χ3n) is 3.10. The van der Waals surface area contributed by atoms with Gasteiger partial charge in [-0.2, -0.15) is 0 Å². The summed E-state index contributed by atoms with van der Waals surface area (Å²) in [4.78, 5) is 16.7. The molecule has 0 aliphatic carbocycles. The average molecular weight is 294 g/mol. The fourth-order valence-corrected chi connectivity index (χ4v) is 1.88. The number of amides is 1. The van der Waals surface area contributed by atoms with Crippen LogP contribution in [0.5, 0.6) is 0 Å². The molecule has 0 aromatic heterocycles. The molecule has 1 aromatic rings. The van der Waals surface area contributed by atoms with Crippen LogP contribution in [0.1, 0.15) is 45.7 Å². The summed E-state index contributed by atoms with van der Waals surface area (Å²) in [6, 6.07) is 5.90. The molecule has 0 unspecified atom stereocenters. The van der Waals surface area contributed by atoms with Gasteiger partial charge in [0.05, 0.1) is 6.61 Å². The number of carbonyl (C=O) groups is 1. The van der Waals surface area contributed by atoms with Crippen molar-refractivity contribution in [3.8, 4) is 0 Å². The van der Waals surface area contributed by atoms with E-state index in [4.69, 9.17) is 15.5 Å². The van der Waals surface area contributed by atoms with Crippen LogP contribution >= 0.6 is 0 Å². The van der Waals surface area contributed by atoms with E-state index >= 15 is 0 Å². The van der Waals surface area contributed by atoms with E-state index in [-0.39, 0.29) is 5.41 Å². The van der Waals surface area contributed by atoms with Gasteiger partial charge in [-0.15, -0.1) is 0 Å². The third-order valence-corrected chi connectivity index (χ3v) is 3.10. The van der Waals surface area contributed by atoms with E-state index < -0.39 is 11.7 Å². The largest absolute Gasteiger partial charge is 0.444 e. The monoisotopic (exact) mass is 294 g/mol. The maximum absolute atomic E-state index is 11.9. The molecule has 0 saturated carbocycles. The summed E-state index contributed by atoms with van der Waals surface area (Å²) in [5.74, 6) is 5.18. The van der Waals surface area contributed by atoms with Crippen LogP contribution in [-0.2, 0) is 15.0 Å². The summed E-state index contributed by atoms with van der Waals surface area (Å²) >= 11 is 0. The van der Waals surface area contributed by atoms with Gasteiger partial charge in [0.25, 0.3) is 0 Å². The second-order valence-electron chi connectivity index (χ2n) is 6.85. The zero-order valence-electron chi connectivity index (χ0n) is 13.7. The van der Waals surface area contributed by atoms with E-state index in [1.165, 1.54) is 0 Å². The predicted molar refractivity (Wildman–Crippen MR) is 84.2 cm³/mol. The van der Waals surface area contributed by atoms with Crippen molar-refractivity contribution in [1.82, 2.24) is 0 Å². The van der Waals surface area contributed by atoms with Crippen molar-refractivity contribution in [3.63, 3.8) is 0 Å². The number of nitrogens with one attached hydrogen (secondary N) is 1. The maximum atomic E-state index is 11.9. The Kier molecular flexibility index (Phi) is 5.36. The Morgan fingerprint density at radius 1 is 1.24 bits per heavy atom. The van der Waals surface area contributed by atoms with Gasteiger partial charge in [-0.25, -0.2) is 10.7 Å². The van der Waals surface area contributed by atoms with Gasteiger partial charge in [-0.1, -0.05) is 26.0 Å². The van der Waals surface area contributed by atoms with Gasteiger partial charge < -0.3 is 9.57 Å². The summed E-state index contributed by atoms with van der Waals surface area (Å²) in [5.41, 5.74) is 1.96. The summed E-state index contributed by atoms with van der Waals surface area (Å²) < 4.78 is 5.27. The van der Waals surface area contributed by atoms with Crippen molar-refractivity contribution < 1.29 is 14.4 Å². The van der Waals surface area contributed by atoms with Gasteiger partial charge in [0.1, 0.15) is 5.60 Å². The summed E-state index contributed by atoms with van der Waals surface area (Å²) in [6.45, 7) is 11.9. The molecular weight excluding hydrogens is 268 g/mol. The van der Waals surface area contributed by atoms with E-state index in [1.54, 1.807) is 0 Å². The molecule has 21 heavy (non-hydrogen) atoms. The molecule has 1 rings (SSSR count). The highest BCUT2D eigenvalue weighted by Gasteiger charge is 2.22. The SMILES string of the molecule is Cc1ccc(C(C)(C)CON)cc1NC(=O)OC(C)(C)C. The lowest BCUT2D eigenvalue weighted by Gasteiger charge is -2.25. The van der Waals surface area contributed by atoms with Crippen molar-refractivity contribution in [2.75, 3.05) is 11.9 Å². The standard InChI is InChI=1S/C16H26N2O3/c1-11-7-8-12(16(5,6)10-20-17)9-13(11)18-14(19)21-15(2,3)4/h7-9H,10,17H2,1-6H3,(H,18,19). The lowest BCUT2D eigenvalue weighted by molar-refractivity contribution is 0.0635. The van der Waals surface area contributed by atoms with Crippen LogP contribution in [0.25, 0.3) is 0 Å². The van der Waals surface area contributed by atoms with Crippen LogP contribution in [0.3, 0.4) is 0 Å². The molecule has 0 atom stereocenters. The topological polar surface area (TPSA) is 73.6 Å². The lowest BCUT2D eigenvalue weighted by atomic mass is 9.85. The summed E-state index contributed by atoms with van der Waals surface area (Å²) in [6.07, 6.45) is -0.462. The molecule has 0 aliphatic heterocycles. The highest BCUT2D eigenvalue weighted by Crippen LogP contribution is 2.28. The molecule has 0 radical (unpaired) electrons. The number of ether oxygens (including phenoxy) is 1. The first-order valence-electron chi connectivity index (χ1n) is 6.98. The average Bonchev–Trinajstić information content (AvgIpc) is 2.29. The highest BCUT2D eigenvalue weighted by atomic mass is 16.6. The molecule has 0 saturated heterocycles. The second-order valence-corrected chi connectivity index (χ2v) is 6.85. The zero-order chi connectivity index (χ0) is 16.3. The van der Waals surface area contributed by atoms with Crippen LogP contribution in [0.4, 0.5) is 10.5 Å². The second kappa shape index (κ2) is 6.45. The number of carbonyl (C=O) groups excluding carboxylic acids is 1. The number of nitrogens with two attached hydrogens (primary N) is 1. The first-order chi connectivity index (χ1) is 9.55. The number of hydrogen-bond donors (Lipinski definition) is 2. The lowest BCUT2D eigenvalue weighted by Crippen LogP contribution is -2.28. The first kappa shape index (κ1) is 17.5. The van der Waals surface area contributed by atoms with Crippen molar-refractivity contribution in [2.45, 2.75) is 52.6 Å². The van der Waals surface area contributed by atoms with E-state index in [0.717, 1.165) is 16.8 Å². The fourth-order valence-electron chi connectivity index (χ4n) is 1.88. The van der Waals surface area contributed by atoms with Crippen LogP contribution in [0, 0.1) is 6.92 Å². The van der Waals surface area contributed by atoms with Gasteiger partial charge >= 0.3 is 6.09 Å². The molecule has 1 amide bonds. The molecule has 3 N–H and O–H groups in total. The number of hydrogen-bond acceptors (Lipinski definition) is 4. The van der Waals surface area contributed by atoms with E-state index in [2.05, 4.69) is 5.32 Å². The zero-order valence-corrected chi connectivity index (χ0v) is 13.7. The molecule has 1 aromatic carbocycles. The Bertz CT molecular complexity index is 505. The Labute approximate surface area is 126 Å². The highest BCUT2D eigenvalue weighted by molar-refractivity contribution is 5.86. The van der Waals surface area contributed by atoms with Crippen LogP contribution < -0.4 is 11.2 Å². The fraction of sp³-hybridized carbons (Fsp3) is 0.562. The molecule has 118 valence electrons. The third kappa shape index (κ3) is 5.36. The smallest absolute Gasteiger partial charge is 0.412 e. The van der Waals surface area contributed by atoms with Crippen molar-refractivity contribution in [1.29, 1.82) is 0 Å². The molecule has 0 aliphatic rings. The summed E-state index contributed by atoms with van der Waals surface area (Å²) in [7, 11) is 0. The van der Waals surface area contributed by atoms with Crippen LogP contribution in [-0.4, -0.2) is 18.3 Å². The Balaban J connectivity index is 2.95. The van der Waals surface area contributed by atoms with Crippen molar-refractivity contribution in [3.05, 3.63) is 29.3 Å². The van der Waals surface area contributed by atoms with Crippen molar-refractivity contribution in [2.24, 2.45) is 5.90 Å². The Hall–Kier alpha value is -1.59. The Morgan fingerprint density at radius 3 is 2.38 bits per heavy atom. The summed E-state index contributed by atoms with van der Waals surface area (Å²) in [5, 5.41) is 2.79. The molecule has 5 nitrogen and oxygen atoms in total. The normalized spacial score (nSPS) is 12.1. The quantitative estimate of drug-likeness (QED) is 0.833. The van der Waals surface area contributed by atoms with Gasteiger partial charge in [-0.05, 0) is 44.9 Å². The van der Waals surface area contributed by atoms with Crippen LogP contribution in [0.15, 0.2) is 18.2 Å². The van der Waals surface area contributed by atoms with E-state index in [0.29, 0.717) is 6.61 Å². The van der Waals surface area contributed by atoms with E-state index in [1.807, 2.05) is 59.7 Å². The molecule has 0 heterocycles. The minimum absolute atomic E-state index is 0.243. The predicted octanol–water partition coefficient (Wildman–Crippen LogP) is 3.51. The van der Waals surface area contributed by atoms with Gasteiger partial charge in [0.15, 0.2) is 0 Å². The molecule has 0 spiro atoms. The van der Waals surface area contributed by atoms with Gasteiger partial charge in [0.2, 0.25) is 0 Å². The van der Waals surface area contributed by atoms with Crippen LogP contribution in [0.2, 0.25) is 0 Å². The van der Waals surface area contributed by atoms with Gasteiger partial charge in [-0.3, -0.25) is 5.32 Å².